The van der Waals surface area contributed by atoms with E-state index in [0.29, 0.717) is 29.8 Å². The summed E-state index contributed by atoms with van der Waals surface area (Å²) < 4.78 is 7.16. The number of carbonyl (C=O) groups excluding carboxylic acids is 1. The lowest BCUT2D eigenvalue weighted by molar-refractivity contribution is 0.112. The van der Waals surface area contributed by atoms with Crippen molar-refractivity contribution < 1.29 is 14.6 Å². The summed E-state index contributed by atoms with van der Waals surface area (Å²) in [4.78, 5) is 15.4. The minimum absolute atomic E-state index is 0.0229. The van der Waals surface area contributed by atoms with Gasteiger partial charge in [-0.25, -0.2) is 0 Å². The number of fused-ring (bicyclic) bond motifs is 1. The normalized spacial score (nSPS) is 19.1. The van der Waals surface area contributed by atoms with Crippen LogP contribution in [0.15, 0.2) is 36.4 Å². The van der Waals surface area contributed by atoms with Crippen molar-refractivity contribution in [3.05, 3.63) is 46.8 Å². The maximum absolute atomic E-state index is 12.0. The molecule has 4 rings (SSSR count). The monoisotopic (exact) mass is 437 g/mol. The number of nitrogens with zero attached hydrogens (tertiary/aromatic N) is 1. The summed E-state index contributed by atoms with van der Waals surface area (Å²) >= 11 is 1.84. The van der Waals surface area contributed by atoms with Crippen LogP contribution in [0.3, 0.4) is 0 Å². The van der Waals surface area contributed by atoms with Crippen molar-refractivity contribution in [2.75, 3.05) is 27.2 Å². The van der Waals surface area contributed by atoms with Crippen LogP contribution in [0, 0.1) is 5.92 Å². The predicted molar refractivity (Wildman–Crippen MR) is 129 cm³/mol. The maximum Gasteiger partial charge on any atom is 0.154 e. The Labute approximate surface area is 188 Å². The fourth-order valence-electron chi connectivity index (χ4n) is 4.68. The largest absolute Gasteiger partial charge is 0.507 e. The quantitative estimate of drug-likeness (QED) is 0.439. The number of thiophene rings is 1. The minimum atomic E-state index is -0.0229. The molecule has 31 heavy (non-hydrogen) atoms. The van der Waals surface area contributed by atoms with E-state index in [1.165, 1.54) is 35.3 Å². The van der Waals surface area contributed by atoms with Crippen molar-refractivity contribution >= 4 is 27.7 Å². The Morgan fingerprint density at radius 3 is 2.71 bits per heavy atom. The average Bonchev–Trinajstić information content (AvgIpc) is 3.12. The molecule has 2 aromatic carbocycles. The van der Waals surface area contributed by atoms with Gasteiger partial charge in [-0.15, -0.1) is 11.3 Å². The number of hydrogen-bond donors (Lipinski definition) is 1. The van der Waals surface area contributed by atoms with Gasteiger partial charge < -0.3 is 14.7 Å². The van der Waals surface area contributed by atoms with Gasteiger partial charge in [0, 0.05) is 38.7 Å². The molecule has 0 bridgehead atoms. The highest BCUT2D eigenvalue weighted by Gasteiger charge is 2.29. The van der Waals surface area contributed by atoms with Crippen LogP contribution < -0.4 is 4.74 Å². The van der Waals surface area contributed by atoms with Crippen molar-refractivity contribution in [3.8, 4) is 22.6 Å². The molecule has 1 aromatic heterocycles. The van der Waals surface area contributed by atoms with Crippen LogP contribution in [0.25, 0.3) is 21.2 Å². The first kappa shape index (κ1) is 21.8. The third-order valence-electron chi connectivity index (χ3n) is 6.40. The molecule has 1 aliphatic rings. The van der Waals surface area contributed by atoms with Gasteiger partial charge in [0.05, 0.1) is 5.56 Å². The Morgan fingerprint density at radius 1 is 1.19 bits per heavy atom. The van der Waals surface area contributed by atoms with Crippen molar-refractivity contribution in [2.24, 2.45) is 5.92 Å². The first-order chi connectivity index (χ1) is 15.0. The number of phenols is 1. The number of likely N-dealkylation sites (N-methyl/N-ethyl adjacent to an activating group) is 1. The molecule has 1 saturated carbocycles. The number of ether oxygens (including phenoxy) is 1. The third kappa shape index (κ3) is 4.48. The van der Waals surface area contributed by atoms with E-state index in [4.69, 9.17) is 4.74 Å². The SMILES string of the molecule is CC1CCCCC1c1sc2ccccc2c1-c1cc(OCCN(C)C)cc(O)c1C=O. The van der Waals surface area contributed by atoms with E-state index in [9.17, 15) is 9.90 Å². The van der Waals surface area contributed by atoms with Gasteiger partial charge in [-0.3, -0.25) is 4.79 Å². The van der Waals surface area contributed by atoms with Crippen LogP contribution in [-0.4, -0.2) is 43.5 Å². The van der Waals surface area contributed by atoms with E-state index in [2.05, 4.69) is 30.0 Å². The fraction of sp³-hybridized carbons (Fsp3) is 0.423. The molecule has 1 N–H and O–H groups in total. The van der Waals surface area contributed by atoms with Gasteiger partial charge >= 0.3 is 0 Å². The molecule has 1 heterocycles. The molecule has 0 saturated heterocycles. The van der Waals surface area contributed by atoms with E-state index >= 15 is 0 Å². The van der Waals surface area contributed by atoms with Crippen LogP contribution in [-0.2, 0) is 0 Å². The Balaban J connectivity index is 1.88. The molecule has 2 atom stereocenters. The summed E-state index contributed by atoms with van der Waals surface area (Å²) in [6.45, 7) is 3.64. The van der Waals surface area contributed by atoms with Crippen molar-refractivity contribution in [1.29, 1.82) is 0 Å². The Hall–Kier alpha value is -2.37. The molecule has 0 aliphatic heterocycles. The molecular weight excluding hydrogens is 406 g/mol. The lowest BCUT2D eigenvalue weighted by Crippen LogP contribution is -2.19. The van der Waals surface area contributed by atoms with Gasteiger partial charge in [0.1, 0.15) is 18.1 Å². The zero-order valence-corrected chi connectivity index (χ0v) is 19.4. The average molecular weight is 438 g/mol. The molecular formula is C26H31NO3S. The number of benzene rings is 2. The van der Waals surface area contributed by atoms with Gasteiger partial charge in [-0.1, -0.05) is 44.4 Å². The highest BCUT2D eigenvalue weighted by atomic mass is 32.1. The predicted octanol–water partition coefficient (Wildman–Crippen LogP) is 6.32. The molecule has 164 valence electrons. The molecule has 3 aromatic rings. The van der Waals surface area contributed by atoms with Crippen LogP contribution in [0.2, 0.25) is 0 Å². The van der Waals surface area contributed by atoms with Crippen molar-refractivity contribution in [1.82, 2.24) is 4.90 Å². The first-order valence-electron chi connectivity index (χ1n) is 11.1. The number of rotatable bonds is 7. The Bertz CT molecular complexity index is 1070. The van der Waals surface area contributed by atoms with Gasteiger partial charge in [0.25, 0.3) is 0 Å². The van der Waals surface area contributed by atoms with Crippen molar-refractivity contribution in [2.45, 2.75) is 38.5 Å². The lowest BCUT2D eigenvalue weighted by atomic mass is 9.77. The van der Waals surface area contributed by atoms with E-state index in [0.717, 1.165) is 29.3 Å². The summed E-state index contributed by atoms with van der Waals surface area (Å²) in [6, 6.07) is 11.9. The van der Waals surface area contributed by atoms with E-state index in [1.807, 2.05) is 37.6 Å². The van der Waals surface area contributed by atoms with Crippen LogP contribution in [0.5, 0.6) is 11.5 Å². The van der Waals surface area contributed by atoms with Gasteiger partial charge in [0.15, 0.2) is 6.29 Å². The number of aromatic hydroxyl groups is 1. The minimum Gasteiger partial charge on any atom is -0.507 e. The maximum atomic E-state index is 12.0. The topological polar surface area (TPSA) is 49.8 Å². The van der Waals surface area contributed by atoms with E-state index in [-0.39, 0.29) is 5.75 Å². The molecule has 0 amide bonds. The third-order valence-corrected chi connectivity index (χ3v) is 7.70. The highest BCUT2D eigenvalue weighted by molar-refractivity contribution is 7.19. The number of phenolic OH excluding ortho intramolecular Hbond substituents is 1. The summed E-state index contributed by atoms with van der Waals surface area (Å²) in [5.74, 6) is 1.65. The molecule has 1 fully saturated rings. The summed E-state index contributed by atoms with van der Waals surface area (Å²) in [6.07, 6.45) is 5.70. The smallest absolute Gasteiger partial charge is 0.154 e. The molecule has 2 unspecified atom stereocenters. The van der Waals surface area contributed by atoms with E-state index in [1.54, 1.807) is 6.07 Å². The summed E-state index contributed by atoms with van der Waals surface area (Å²) in [5.41, 5.74) is 2.21. The zero-order valence-electron chi connectivity index (χ0n) is 18.6. The number of hydrogen-bond acceptors (Lipinski definition) is 5. The molecule has 0 radical (unpaired) electrons. The second-order valence-electron chi connectivity index (χ2n) is 8.88. The Kier molecular flexibility index (Phi) is 6.63. The number of aldehydes is 1. The number of carbonyl (C=O) groups is 1. The van der Waals surface area contributed by atoms with Gasteiger partial charge in [0.2, 0.25) is 0 Å². The van der Waals surface area contributed by atoms with Crippen molar-refractivity contribution in [3.63, 3.8) is 0 Å². The summed E-state index contributed by atoms with van der Waals surface area (Å²) in [7, 11) is 3.99. The van der Waals surface area contributed by atoms with Crippen LogP contribution in [0.1, 0.15) is 53.8 Å². The molecule has 4 nitrogen and oxygen atoms in total. The lowest BCUT2D eigenvalue weighted by Gasteiger charge is -2.29. The van der Waals surface area contributed by atoms with Crippen LogP contribution >= 0.6 is 11.3 Å². The van der Waals surface area contributed by atoms with Gasteiger partial charge in [-0.05, 0) is 44.5 Å². The molecule has 5 heteroatoms. The standard InChI is InChI=1S/C26H31NO3S/c1-17-8-4-5-9-19(17)26-25(20-10-6-7-11-24(20)31-26)21-14-18(30-13-12-27(2)3)15-23(29)22(21)16-28/h6-7,10-11,14-17,19,29H,4-5,8-9,12-13H2,1-3H3. The summed E-state index contributed by atoms with van der Waals surface area (Å²) in [5, 5.41) is 11.8. The van der Waals surface area contributed by atoms with Crippen LogP contribution in [0.4, 0.5) is 0 Å². The first-order valence-corrected chi connectivity index (χ1v) is 11.9. The Morgan fingerprint density at radius 2 is 1.97 bits per heavy atom. The second kappa shape index (κ2) is 9.41. The fourth-order valence-corrected chi connectivity index (χ4v) is 6.17. The van der Waals surface area contributed by atoms with E-state index < -0.39 is 0 Å². The van der Waals surface area contributed by atoms with Gasteiger partial charge in [-0.2, -0.15) is 0 Å². The zero-order chi connectivity index (χ0) is 22.0. The highest BCUT2D eigenvalue weighted by Crippen LogP contribution is 2.50. The molecule has 1 aliphatic carbocycles. The second-order valence-corrected chi connectivity index (χ2v) is 9.96. The molecule has 0 spiro atoms.